The van der Waals surface area contributed by atoms with Gasteiger partial charge < -0.3 is 15.5 Å². The van der Waals surface area contributed by atoms with Crippen LogP contribution in [0.2, 0.25) is 5.02 Å². The van der Waals surface area contributed by atoms with E-state index in [0.29, 0.717) is 11.6 Å². The molecule has 4 nitrogen and oxygen atoms in total. The zero-order valence-corrected chi connectivity index (χ0v) is 12.1. The van der Waals surface area contributed by atoms with Crippen molar-refractivity contribution >= 4 is 11.6 Å². The Labute approximate surface area is 117 Å². The van der Waals surface area contributed by atoms with Crippen LogP contribution >= 0.6 is 11.6 Å². The number of aromatic nitrogens is 2. The number of hydrogen-bond donors (Lipinski definition) is 2. The van der Waals surface area contributed by atoms with Crippen LogP contribution in [0.1, 0.15) is 17.1 Å². The summed E-state index contributed by atoms with van der Waals surface area (Å²) in [4.78, 5) is 7.81. The summed E-state index contributed by atoms with van der Waals surface area (Å²) in [7, 11) is 1.65. The molecular formula is C14H18ClN3O. The number of imidazole rings is 1. The van der Waals surface area contributed by atoms with E-state index in [1.807, 2.05) is 26.0 Å². The Morgan fingerprint density at radius 2 is 2.11 bits per heavy atom. The van der Waals surface area contributed by atoms with E-state index < -0.39 is 0 Å². The van der Waals surface area contributed by atoms with Crippen LogP contribution in [-0.2, 0) is 6.42 Å². The highest BCUT2D eigenvalue weighted by Gasteiger charge is 2.15. The number of nitrogens with zero attached hydrogens (tertiary/aromatic N) is 1. The fourth-order valence-corrected chi connectivity index (χ4v) is 2.21. The highest BCUT2D eigenvalue weighted by molar-refractivity contribution is 6.31. The molecule has 0 aliphatic rings. The van der Waals surface area contributed by atoms with Crippen LogP contribution in [0.15, 0.2) is 12.1 Å². The summed E-state index contributed by atoms with van der Waals surface area (Å²) in [6.45, 7) is 4.50. The first-order chi connectivity index (χ1) is 9.06. The molecule has 0 aliphatic carbocycles. The minimum atomic E-state index is 0.568. The van der Waals surface area contributed by atoms with E-state index >= 15 is 0 Å². The van der Waals surface area contributed by atoms with Gasteiger partial charge in [-0.2, -0.15) is 0 Å². The SMILES string of the molecule is COc1cc(C)c(Cl)cc1-c1nc(CCN)[nH]c1C. The molecule has 0 saturated heterocycles. The molecule has 0 saturated carbocycles. The standard InChI is InChI=1S/C14H18ClN3O/c1-8-6-12(19-3)10(7-11(8)15)14-9(2)17-13(18-14)4-5-16/h6-7H,4-5,16H2,1-3H3,(H,17,18). The number of aromatic amines is 1. The average Bonchev–Trinajstić information content (AvgIpc) is 2.73. The van der Waals surface area contributed by atoms with Crippen LogP contribution in [-0.4, -0.2) is 23.6 Å². The summed E-state index contributed by atoms with van der Waals surface area (Å²) < 4.78 is 5.42. The highest BCUT2D eigenvalue weighted by Crippen LogP contribution is 2.35. The highest BCUT2D eigenvalue weighted by atomic mass is 35.5. The molecule has 0 amide bonds. The Balaban J connectivity index is 2.54. The average molecular weight is 280 g/mol. The maximum Gasteiger partial charge on any atom is 0.128 e. The predicted molar refractivity (Wildman–Crippen MR) is 77.8 cm³/mol. The number of benzene rings is 1. The first-order valence-electron chi connectivity index (χ1n) is 6.17. The number of halogens is 1. The number of nitrogens with one attached hydrogen (secondary N) is 1. The zero-order chi connectivity index (χ0) is 14.0. The Kier molecular flexibility index (Phi) is 4.12. The first-order valence-corrected chi connectivity index (χ1v) is 6.54. The van der Waals surface area contributed by atoms with Crippen LogP contribution in [0.4, 0.5) is 0 Å². The number of aryl methyl sites for hydroxylation is 2. The second kappa shape index (κ2) is 5.63. The molecule has 2 rings (SSSR count). The van der Waals surface area contributed by atoms with Gasteiger partial charge in [0, 0.05) is 22.7 Å². The molecule has 1 heterocycles. The van der Waals surface area contributed by atoms with E-state index in [1.54, 1.807) is 7.11 Å². The molecule has 1 aromatic carbocycles. The third-order valence-electron chi connectivity index (χ3n) is 3.05. The minimum Gasteiger partial charge on any atom is -0.496 e. The molecule has 0 fully saturated rings. The van der Waals surface area contributed by atoms with Crippen molar-refractivity contribution in [1.82, 2.24) is 9.97 Å². The van der Waals surface area contributed by atoms with Gasteiger partial charge in [-0.25, -0.2) is 4.98 Å². The molecule has 2 aromatic rings. The van der Waals surface area contributed by atoms with E-state index in [1.165, 1.54) is 0 Å². The second-order valence-corrected chi connectivity index (χ2v) is 4.90. The molecule has 0 unspecified atom stereocenters. The second-order valence-electron chi connectivity index (χ2n) is 4.50. The Bertz CT molecular complexity index is 593. The molecule has 0 radical (unpaired) electrons. The van der Waals surface area contributed by atoms with Crippen LogP contribution < -0.4 is 10.5 Å². The monoisotopic (exact) mass is 279 g/mol. The molecule has 5 heteroatoms. The summed E-state index contributed by atoms with van der Waals surface area (Å²) in [6.07, 6.45) is 0.725. The summed E-state index contributed by atoms with van der Waals surface area (Å²) >= 11 is 6.20. The Morgan fingerprint density at radius 1 is 1.37 bits per heavy atom. The lowest BCUT2D eigenvalue weighted by molar-refractivity contribution is 0.416. The van der Waals surface area contributed by atoms with Gasteiger partial charge in [0.25, 0.3) is 0 Å². The lowest BCUT2D eigenvalue weighted by atomic mass is 10.1. The van der Waals surface area contributed by atoms with Gasteiger partial charge in [0.15, 0.2) is 0 Å². The van der Waals surface area contributed by atoms with Crippen molar-refractivity contribution in [1.29, 1.82) is 0 Å². The number of hydrogen-bond acceptors (Lipinski definition) is 3. The van der Waals surface area contributed by atoms with Gasteiger partial charge in [-0.05, 0) is 38.1 Å². The molecule has 0 spiro atoms. The predicted octanol–water partition coefficient (Wildman–Crippen LogP) is 2.86. The van der Waals surface area contributed by atoms with E-state index in [9.17, 15) is 0 Å². The van der Waals surface area contributed by atoms with E-state index in [2.05, 4.69) is 9.97 Å². The number of H-pyrrole nitrogens is 1. The maximum absolute atomic E-state index is 6.20. The molecule has 0 bridgehead atoms. The van der Waals surface area contributed by atoms with Crippen molar-refractivity contribution in [2.24, 2.45) is 5.73 Å². The van der Waals surface area contributed by atoms with E-state index in [-0.39, 0.29) is 0 Å². The lowest BCUT2D eigenvalue weighted by Gasteiger charge is -2.09. The van der Waals surface area contributed by atoms with Crippen LogP contribution in [0, 0.1) is 13.8 Å². The van der Waals surface area contributed by atoms with Crippen LogP contribution in [0.25, 0.3) is 11.3 Å². The largest absolute Gasteiger partial charge is 0.496 e. The summed E-state index contributed by atoms with van der Waals surface area (Å²) in [5.74, 6) is 1.66. The smallest absolute Gasteiger partial charge is 0.128 e. The van der Waals surface area contributed by atoms with Crippen LogP contribution in [0.3, 0.4) is 0 Å². The Hall–Kier alpha value is -1.52. The fraction of sp³-hybridized carbons (Fsp3) is 0.357. The van der Waals surface area contributed by atoms with Crippen molar-refractivity contribution in [2.45, 2.75) is 20.3 Å². The minimum absolute atomic E-state index is 0.568. The number of nitrogens with two attached hydrogens (primary N) is 1. The Morgan fingerprint density at radius 3 is 2.74 bits per heavy atom. The van der Waals surface area contributed by atoms with E-state index in [0.717, 1.165) is 40.5 Å². The van der Waals surface area contributed by atoms with Crippen molar-refractivity contribution in [3.05, 3.63) is 34.2 Å². The van der Waals surface area contributed by atoms with Crippen molar-refractivity contribution < 1.29 is 4.74 Å². The van der Waals surface area contributed by atoms with Gasteiger partial charge in [0.2, 0.25) is 0 Å². The first kappa shape index (κ1) is 13.9. The van der Waals surface area contributed by atoms with Gasteiger partial charge in [-0.3, -0.25) is 0 Å². The molecule has 3 N–H and O–H groups in total. The normalized spacial score (nSPS) is 10.8. The number of methoxy groups -OCH3 is 1. The molecule has 0 aliphatic heterocycles. The topological polar surface area (TPSA) is 63.9 Å². The van der Waals surface area contributed by atoms with Gasteiger partial charge in [-0.1, -0.05) is 11.6 Å². The van der Waals surface area contributed by atoms with E-state index in [4.69, 9.17) is 22.1 Å². The summed E-state index contributed by atoms with van der Waals surface area (Å²) in [6, 6.07) is 3.82. The van der Waals surface area contributed by atoms with Gasteiger partial charge in [0.05, 0.1) is 12.8 Å². The summed E-state index contributed by atoms with van der Waals surface area (Å²) in [5, 5.41) is 0.707. The fourth-order valence-electron chi connectivity index (χ4n) is 2.05. The molecule has 0 atom stereocenters. The number of ether oxygens (including phenoxy) is 1. The van der Waals surface area contributed by atoms with Gasteiger partial charge in [0.1, 0.15) is 11.6 Å². The third kappa shape index (κ3) is 2.74. The quantitative estimate of drug-likeness (QED) is 0.904. The van der Waals surface area contributed by atoms with Crippen molar-refractivity contribution in [3.8, 4) is 17.0 Å². The van der Waals surface area contributed by atoms with Crippen LogP contribution in [0.5, 0.6) is 5.75 Å². The molecular weight excluding hydrogens is 262 g/mol. The number of rotatable bonds is 4. The maximum atomic E-state index is 6.20. The molecule has 19 heavy (non-hydrogen) atoms. The van der Waals surface area contributed by atoms with Crippen molar-refractivity contribution in [2.75, 3.05) is 13.7 Å². The zero-order valence-electron chi connectivity index (χ0n) is 11.4. The summed E-state index contributed by atoms with van der Waals surface area (Å²) in [5.41, 5.74) is 9.29. The third-order valence-corrected chi connectivity index (χ3v) is 3.46. The molecule has 102 valence electrons. The van der Waals surface area contributed by atoms with Crippen molar-refractivity contribution in [3.63, 3.8) is 0 Å². The lowest BCUT2D eigenvalue weighted by Crippen LogP contribution is -2.03. The van der Waals surface area contributed by atoms with Gasteiger partial charge in [-0.15, -0.1) is 0 Å². The molecule has 1 aromatic heterocycles. The van der Waals surface area contributed by atoms with Gasteiger partial charge >= 0.3 is 0 Å².